The molecule has 2 heterocycles. The summed E-state index contributed by atoms with van der Waals surface area (Å²) in [6, 6.07) is 14.2. The molecule has 4 rings (SSSR count). The summed E-state index contributed by atoms with van der Waals surface area (Å²) in [6.45, 7) is 4.19. The summed E-state index contributed by atoms with van der Waals surface area (Å²) in [5, 5.41) is 9.21. The number of aryl methyl sites for hydroxylation is 2. The van der Waals surface area contributed by atoms with E-state index in [1.165, 1.54) is 11.1 Å². The molecule has 0 saturated heterocycles. The van der Waals surface area contributed by atoms with E-state index < -0.39 is 0 Å². The summed E-state index contributed by atoms with van der Waals surface area (Å²) in [5.41, 5.74) is 4.46. The predicted octanol–water partition coefficient (Wildman–Crippen LogP) is 5.59. The Morgan fingerprint density at radius 3 is 2.70 bits per heavy atom. The minimum Gasteiger partial charge on any atom is -0.420 e. The number of hydrogen-bond acceptors (Lipinski definition) is 5. The van der Waals surface area contributed by atoms with Gasteiger partial charge < -0.3 is 4.42 Å². The van der Waals surface area contributed by atoms with Crippen LogP contribution in [0, 0.1) is 13.8 Å². The van der Waals surface area contributed by atoms with Gasteiger partial charge in [0.2, 0.25) is 11.8 Å². The fraction of sp³-hybridized carbons (Fsp3) is 0.150. The molecule has 0 amide bonds. The molecule has 0 radical (unpaired) electrons. The predicted molar refractivity (Wildman–Crippen MR) is 110 cm³/mol. The minimum atomic E-state index is 0.524. The zero-order valence-corrected chi connectivity index (χ0v) is 17.3. The molecular formula is C20H17BrN4OS. The molecular weight excluding hydrogens is 424 g/mol. The third-order valence-corrected chi connectivity index (χ3v) is 5.59. The van der Waals surface area contributed by atoms with Gasteiger partial charge in [-0.1, -0.05) is 39.8 Å². The normalized spacial score (nSPS) is 11.1. The molecule has 0 spiro atoms. The molecule has 2 aromatic carbocycles. The zero-order chi connectivity index (χ0) is 18.8. The number of halogens is 1. The third-order valence-electron chi connectivity index (χ3n) is 4.11. The van der Waals surface area contributed by atoms with E-state index in [9.17, 15) is 0 Å². The monoisotopic (exact) mass is 440 g/mol. The van der Waals surface area contributed by atoms with Crippen molar-refractivity contribution in [2.24, 2.45) is 0 Å². The fourth-order valence-corrected chi connectivity index (χ4v) is 3.77. The van der Waals surface area contributed by atoms with E-state index in [1.54, 1.807) is 11.8 Å². The highest BCUT2D eigenvalue weighted by Gasteiger charge is 2.12. The molecule has 0 N–H and O–H groups in total. The Bertz CT molecular complexity index is 1070. The van der Waals surface area contributed by atoms with Crippen LogP contribution in [0.1, 0.15) is 17.0 Å². The van der Waals surface area contributed by atoms with E-state index in [2.05, 4.69) is 67.7 Å². The Hall–Kier alpha value is -2.38. The highest BCUT2D eigenvalue weighted by Crippen LogP contribution is 2.27. The summed E-state index contributed by atoms with van der Waals surface area (Å²) in [7, 11) is 0. The van der Waals surface area contributed by atoms with Crippen LogP contribution in [-0.2, 0) is 5.75 Å². The lowest BCUT2D eigenvalue weighted by atomic mass is 10.1. The van der Waals surface area contributed by atoms with Crippen molar-refractivity contribution in [3.63, 3.8) is 0 Å². The van der Waals surface area contributed by atoms with Crippen molar-refractivity contribution in [2.45, 2.75) is 24.8 Å². The Labute approximate surface area is 170 Å². The van der Waals surface area contributed by atoms with E-state index in [0.29, 0.717) is 17.5 Å². The average molecular weight is 441 g/mol. The third kappa shape index (κ3) is 3.99. The van der Waals surface area contributed by atoms with Gasteiger partial charge in [0.25, 0.3) is 0 Å². The molecule has 27 heavy (non-hydrogen) atoms. The average Bonchev–Trinajstić information content (AvgIpc) is 3.32. The van der Waals surface area contributed by atoms with E-state index in [-0.39, 0.29) is 0 Å². The first-order chi connectivity index (χ1) is 13.1. The van der Waals surface area contributed by atoms with E-state index in [1.807, 2.05) is 36.7 Å². The van der Waals surface area contributed by atoms with Crippen LogP contribution in [0.15, 0.2) is 68.9 Å². The van der Waals surface area contributed by atoms with Gasteiger partial charge in [0.1, 0.15) is 0 Å². The second-order valence-corrected chi connectivity index (χ2v) is 8.02. The summed E-state index contributed by atoms with van der Waals surface area (Å²) >= 11 is 5.00. The largest absolute Gasteiger partial charge is 0.420 e. The van der Waals surface area contributed by atoms with Gasteiger partial charge in [-0.15, -0.1) is 10.2 Å². The summed E-state index contributed by atoms with van der Waals surface area (Å²) < 4.78 is 8.91. The lowest BCUT2D eigenvalue weighted by Crippen LogP contribution is -1.98. The fourth-order valence-electron chi connectivity index (χ4n) is 2.71. The number of hydrogen-bond donors (Lipinski definition) is 0. The van der Waals surface area contributed by atoms with Crippen LogP contribution in [0.3, 0.4) is 0 Å². The van der Waals surface area contributed by atoms with Gasteiger partial charge >= 0.3 is 0 Å². The van der Waals surface area contributed by atoms with Gasteiger partial charge in [-0.05, 0) is 55.3 Å². The number of imidazole rings is 1. The summed E-state index contributed by atoms with van der Waals surface area (Å²) in [4.78, 5) is 4.48. The van der Waals surface area contributed by atoms with Gasteiger partial charge in [0.15, 0.2) is 5.16 Å². The zero-order valence-electron chi connectivity index (χ0n) is 14.9. The molecule has 136 valence electrons. The van der Waals surface area contributed by atoms with E-state index in [4.69, 9.17) is 4.42 Å². The Kier molecular flexibility index (Phi) is 5.13. The number of rotatable bonds is 5. The molecule has 0 fully saturated rings. The second kappa shape index (κ2) is 7.70. The van der Waals surface area contributed by atoms with Crippen LogP contribution in [0.5, 0.6) is 0 Å². The Morgan fingerprint density at radius 2 is 1.89 bits per heavy atom. The molecule has 0 bridgehead atoms. The van der Waals surface area contributed by atoms with Crippen LogP contribution < -0.4 is 0 Å². The Balaban J connectivity index is 1.51. The van der Waals surface area contributed by atoms with Crippen molar-refractivity contribution < 1.29 is 4.42 Å². The molecule has 7 heteroatoms. The molecule has 0 unspecified atom stereocenters. The molecule has 2 aromatic heterocycles. The van der Waals surface area contributed by atoms with Crippen LogP contribution >= 0.6 is 27.7 Å². The molecule has 5 nitrogen and oxygen atoms in total. The number of aromatic nitrogens is 4. The first kappa shape index (κ1) is 18.0. The van der Waals surface area contributed by atoms with Crippen molar-refractivity contribution in [3.05, 3.63) is 76.3 Å². The first-order valence-electron chi connectivity index (χ1n) is 8.42. The van der Waals surface area contributed by atoms with E-state index in [0.717, 1.165) is 20.9 Å². The van der Waals surface area contributed by atoms with Gasteiger partial charge in [0.05, 0.1) is 11.4 Å². The molecule has 4 aromatic rings. The molecule has 0 aliphatic heterocycles. The van der Waals surface area contributed by atoms with Crippen LogP contribution in [0.25, 0.3) is 17.1 Å². The van der Waals surface area contributed by atoms with Crippen molar-refractivity contribution >= 4 is 27.7 Å². The van der Waals surface area contributed by atoms with E-state index >= 15 is 0 Å². The lowest BCUT2D eigenvalue weighted by molar-refractivity contribution is 0.528. The van der Waals surface area contributed by atoms with Crippen LogP contribution in [0.4, 0.5) is 0 Å². The van der Waals surface area contributed by atoms with Crippen molar-refractivity contribution in [3.8, 4) is 17.1 Å². The lowest BCUT2D eigenvalue weighted by Gasteiger charge is -2.10. The maximum Gasteiger partial charge on any atom is 0.247 e. The van der Waals surface area contributed by atoms with Gasteiger partial charge in [-0.25, -0.2) is 4.98 Å². The Morgan fingerprint density at radius 1 is 1.07 bits per heavy atom. The SMILES string of the molecule is Cc1ccc(C)c(-n2ccnc2SCc2nnc(-c3ccc(Br)cc3)o2)c1. The smallest absolute Gasteiger partial charge is 0.247 e. The van der Waals surface area contributed by atoms with Gasteiger partial charge in [-0.2, -0.15) is 0 Å². The quantitative estimate of drug-likeness (QED) is 0.378. The highest BCUT2D eigenvalue weighted by molar-refractivity contribution is 9.10. The summed E-state index contributed by atoms with van der Waals surface area (Å²) in [6.07, 6.45) is 3.79. The molecule has 0 aliphatic rings. The maximum atomic E-state index is 5.80. The van der Waals surface area contributed by atoms with Crippen molar-refractivity contribution in [1.82, 2.24) is 19.7 Å². The van der Waals surface area contributed by atoms with Gasteiger partial charge in [-0.3, -0.25) is 4.57 Å². The second-order valence-electron chi connectivity index (χ2n) is 6.17. The van der Waals surface area contributed by atoms with Crippen molar-refractivity contribution in [1.29, 1.82) is 0 Å². The first-order valence-corrected chi connectivity index (χ1v) is 10.2. The highest BCUT2D eigenvalue weighted by atomic mass is 79.9. The maximum absolute atomic E-state index is 5.80. The number of nitrogens with zero attached hydrogens (tertiary/aromatic N) is 4. The van der Waals surface area contributed by atoms with Crippen LogP contribution in [0.2, 0.25) is 0 Å². The van der Waals surface area contributed by atoms with Gasteiger partial charge in [0, 0.05) is 22.4 Å². The number of benzene rings is 2. The molecule has 0 saturated carbocycles. The molecule has 0 aliphatic carbocycles. The number of thioether (sulfide) groups is 1. The van der Waals surface area contributed by atoms with Crippen LogP contribution in [-0.4, -0.2) is 19.7 Å². The minimum absolute atomic E-state index is 0.524. The van der Waals surface area contributed by atoms with Crippen molar-refractivity contribution in [2.75, 3.05) is 0 Å². The summed E-state index contributed by atoms with van der Waals surface area (Å²) in [5.74, 6) is 1.66. The standard InChI is InChI=1S/C20H17BrN4OS/c1-13-3-4-14(2)17(11-13)25-10-9-22-20(25)27-12-18-23-24-19(26-18)15-5-7-16(21)8-6-15/h3-11H,12H2,1-2H3. The molecule has 0 atom stereocenters. The topological polar surface area (TPSA) is 56.7 Å².